The van der Waals surface area contributed by atoms with Crippen LogP contribution in [0.5, 0.6) is 0 Å². The summed E-state index contributed by atoms with van der Waals surface area (Å²) < 4.78 is 53.9. The Hall–Kier alpha value is -2.13. The fraction of sp³-hybridized carbons (Fsp3) is 0.805. The Kier molecular flexibility index (Phi) is 29.6. The van der Waals surface area contributed by atoms with Gasteiger partial charge in [-0.2, -0.15) is 8.42 Å². The maximum atomic E-state index is 12.7. The van der Waals surface area contributed by atoms with Crippen molar-refractivity contribution in [2.45, 2.75) is 192 Å². The van der Waals surface area contributed by atoms with Crippen LogP contribution in [0.2, 0.25) is 0 Å². The van der Waals surface area contributed by atoms with E-state index >= 15 is 0 Å². The summed E-state index contributed by atoms with van der Waals surface area (Å²) >= 11 is 0. The summed E-state index contributed by atoms with van der Waals surface area (Å²) in [6.45, 7) is 3.60. The maximum Gasteiger partial charge on any atom is 0.306 e. The molecular weight excluding hydrogens is 717 g/mol. The second-order valence-corrected chi connectivity index (χ2v) is 15.8. The third-order valence-corrected chi connectivity index (χ3v) is 9.98. The molecule has 0 aliphatic carbocycles. The molecule has 12 nitrogen and oxygen atoms in total. The van der Waals surface area contributed by atoms with Gasteiger partial charge in [0.15, 0.2) is 12.4 Å². The third kappa shape index (κ3) is 26.6. The lowest BCUT2D eigenvalue weighted by Crippen LogP contribution is -2.60. The Morgan fingerprint density at radius 3 is 1.74 bits per heavy atom. The van der Waals surface area contributed by atoms with E-state index in [-0.39, 0.29) is 19.4 Å². The molecule has 0 aromatic carbocycles. The number of carbonyl (C=O) groups excluding carboxylic acids is 2. The van der Waals surface area contributed by atoms with Gasteiger partial charge in [0.25, 0.3) is 10.1 Å². The monoisotopic (exact) mass is 788 g/mol. The van der Waals surface area contributed by atoms with Crippen LogP contribution >= 0.6 is 0 Å². The highest BCUT2D eigenvalue weighted by Crippen LogP contribution is 2.24. The summed E-state index contributed by atoms with van der Waals surface area (Å²) in [5.74, 6) is -2.01. The van der Waals surface area contributed by atoms with E-state index in [1.807, 2.05) is 0 Å². The minimum Gasteiger partial charge on any atom is -0.462 e. The molecule has 1 heterocycles. The molecule has 13 heteroatoms. The van der Waals surface area contributed by atoms with E-state index in [9.17, 15) is 37.9 Å². The van der Waals surface area contributed by atoms with Crippen LogP contribution in [-0.2, 0) is 38.7 Å². The van der Waals surface area contributed by atoms with Crippen LogP contribution in [0.3, 0.4) is 0 Å². The lowest BCUT2D eigenvalue weighted by Gasteiger charge is -2.40. The van der Waals surface area contributed by atoms with E-state index in [0.717, 1.165) is 70.6 Å². The van der Waals surface area contributed by atoms with Crippen molar-refractivity contribution in [3.05, 3.63) is 36.5 Å². The van der Waals surface area contributed by atoms with Gasteiger partial charge in [-0.15, -0.1) is 0 Å². The second kappa shape index (κ2) is 32.0. The molecule has 54 heavy (non-hydrogen) atoms. The van der Waals surface area contributed by atoms with Crippen LogP contribution in [0.4, 0.5) is 0 Å². The van der Waals surface area contributed by atoms with Crippen molar-refractivity contribution in [2.24, 2.45) is 0 Å². The Balaban J connectivity index is 2.50. The van der Waals surface area contributed by atoms with Gasteiger partial charge in [-0.25, -0.2) is 0 Å². The van der Waals surface area contributed by atoms with Gasteiger partial charge in [0, 0.05) is 12.8 Å². The lowest BCUT2D eigenvalue weighted by atomic mass is 10.00. The molecule has 0 aromatic heterocycles. The van der Waals surface area contributed by atoms with Crippen LogP contribution in [0.1, 0.15) is 155 Å². The van der Waals surface area contributed by atoms with Gasteiger partial charge < -0.3 is 34.3 Å². The summed E-state index contributed by atoms with van der Waals surface area (Å²) in [6.07, 6.45) is 24.9. The van der Waals surface area contributed by atoms with Crippen LogP contribution in [0.15, 0.2) is 36.5 Å². The first kappa shape index (κ1) is 49.9. The van der Waals surface area contributed by atoms with Gasteiger partial charge >= 0.3 is 11.9 Å². The highest BCUT2D eigenvalue weighted by atomic mass is 32.2. The molecule has 0 amide bonds. The number of hydrogen-bond donors (Lipinski definition) is 4. The SMILES string of the molecule is CC/C=C/C/C=C/C/C=C/CCCCCCCC(=O)OC[C@H](CO[C@H]1O[C@H](CS(=O)(=O)O)[C@@H](O)C(O)C1O)OC(=O)CCCCCCCCCCCCC. The Morgan fingerprint density at radius 2 is 1.17 bits per heavy atom. The number of esters is 2. The number of carbonyl (C=O) groups is 2. The molecular formula is C41H72O12S. The van der Waals surface area contributed by atoms with E-state index in [4.69, 9.17) is 18.9 Å². The smallest absolute Gasteiger partial charge is 0.306 e. The molecule has 314 valence electrons. The fourth-order valence-corrected chi connectivity index (χ4v) is 6.73. The number of aliphatic hydroxyl groups excluding tert-OH is 3. The molecule has 1 rings (SSSR count). The normalized spacial score (nSPS) is 21.3. The number of rotatable bonds is 33. The quantitative estimate of drug-likeness (QED) is 0.0223. The molecule has 1 aliphatic heterocycles. The first-order valence-corrected chi connectivity index (χ1v) is 22.2. The Bertz CT molecular complexity index is 1150. The average Bonchev–Trinajstić information content (AvgIpc) is 3.13. The first-order valence-electron chi connectivity index (χ1n) is 20.5. The number of aliphatic hydroxyl groups is 3. The second-order valence-electron chi connectivity index (χ2n) is 14.3. The topological polar surface area (TPSA) is 186 Å². The maximum absolute atomic E-state index is 12.7. The highest BCUT2D eigenvalue weighted by Gasteiger charge is 2.46. The Morgan fingerprint density at radius 1 is 0.648 bits per heavy atom. The third-order valence-electron chi connectivity index (χ3n) is 9.23. The molecule has 6 atom stereocenters. The zero-order chi connectivity index (χ0) is 39.9. The molecule has 0 radical (unpaired) electrons. The van der Waals surface area contributed by atoms with Crippen molar-refractivity contribution in [3.8, 4) is 0 Å². The zero-order valence-electron chi connectivity index (χ0n) is 33.1. The summed E-state index contributed by atoms with van der Waals surface area (Å²) in [5.41, 5.74) is 0. The van der Waals surface area contributed by atoms with Crippen molar-refractivity contribution < 1.29 is 56.8 Å². The first-order chi connectivity index (χ1) is 26.0. The van der Waals surface area contributed by atoms with Crippen molar-refractivity contribution >= 4 is 22.1 Å². The fourth-order valence-electron chi connectivity index (χ4n) is 6.04. The standard InChI is InChI=1S/C41H72O12S/c1-3-5-7-9-11-13-15-16-17-18-20-21-23-25-27-29-36(42)50-31-34(52-37(43)30-28-26-24-22-19-14-12-10-8-6-4-2)32-51-41-40(46)39(45)38(44)35(53-41)33-54(47,48)49/h5,7,11,13,16-17,34-35,38-41,44-46H,3-4,6,8-10,12,14-15,18-33H2,1-2H3,(H,47,48,49)/b7-5+,13-11+,17-16+/t34-,35-,38-,39?,40?,41+/m1/s1. The number of ether oxygens (including phenoxy) is 4. The minimum absolute atomic E-state index is 0.162. The van der Waals surface area contributed by atoms with E-state index in [2.05, 4.69) is 50.3 Å². The molecule has 0 saturated carbocycles. The predicted octanol–water partition coefficient (Wildman–Crippen LogP) is 7.44. The van der Waals surface area contributed by atoms with Crippen molar-refractivity contribution in [1.82, 2.24) is 0 Å². The van der Waals surface area contributed by atoms with Gasteiger partial charge in [0.05, 0.1) is 6.61 Å². The van der Waals surface area contributed by atoms with Gasteiger partial charge in [0.1, 0.15) is 36.8 Å². The minimum atomic E-state index is -4.60. The highest BCUT2D eigenvalue weighted by molar-refractivity contribution is 7.85. The molecule has 1 saturated heterocycles. The van der Waals surface area contributed by atoms with Crippen LogP contribution in [0, 0.1) is 0 Å². The number of unbranched alkanes of at least 4 members (excludes halogenated alkanes) is 15. The summed E-state index contributed by atoms with van der Waals surface area (Å²) in [5, 5.41) is 30.8. The van der Waals surface area contributed by atoms with Gasteiger partial charge in [0.2, 0.25) is 0 Å². The predicted molar refractivity (Wildman–Crippen MR) is 210 cm³/mol. The van der Waals surface area contributed by atoms with Gasteiger partial charge in [-0.3, -0.25) is 14.1 Å². The summed E-state index contributed by atoms with van der Waals surface area (Å²) in [6, 6.07) is 0. The van der Waals surface area contributed by atoms with Crippen LogP contribution in [-0.4, -0.2) is 96.0 Å². The van der Waals surface area contributed by atoms with E-state index in [1.54, 1.807) is 0 Å². The summed E-state index contributed by atoms with van der Waals surface area (Å²) in [7, 11) is -4.60. The molecule has 0 aromatic rings. The van der Waals surface area contributed by atoms with Crippen molar-refractivity contribution in [2.75, 3.05) is 19.0 Å². The van der Waals surface area contributed by atoms with Gasteiger partial charge in [-0.05, 0) is 44.9 Å². The molecule has 2 unspecified atom stereocenters. The van der Waals surface area contributed by atoms with Gasteiger partial charge in [-0.1, -0.05) is 134 Å². The molecule has 0 bridgehead atoms. The molecule has 1 aliphatic rings. The van der Waals surface area contributed by atoms with Crippen LogP contribution in [0.25, 0.3) is 0 Å². The largest absolute Gasteiger partial charge is 0.462 e. The van der Waals surface area contributed by atoms with Crippen molar-refractivity contribution in [1.29, 1.82) is 0 Å². The lowest BCUT2D eigenvalue weighted by molar-refractivity contribution is -0.297. The van der Waals surface area contributed by atoms with E-state index < -0.39 is 71.2 Å². The van der Waals surface area contributed by atoms with Crippen molar-refractivity contribution in [3.63, 3.8) is 0 Å². The van der Waals surface area contributed by atoms with E-state index in [0.29, 0.717) is 12.8 Å². The summed E-state index contributed by atoms with van der Waals surface area (Å²) in [4.78, 5) is 25.3. The van der Waals surface area contributed by atoms with Crippen LogP contribution < -0.4 is 0 Å². The number of allylic oxidation sites excluding steroid dienone is 6. The number of hydrogen-bond acceptors (Lipinski definition) is 11. The molecule has 4 N–H and O–H groups in total. The van der Waals surface area contributed by atoms with E-state index in [1.165, 1.54) is 44.9 Å². The zero-order valence-corrected chi connectivity index (χ0v) is 33.9. The molecule has 0 spiro atoms. The molecule has 1 fully saturated rings. The average molecular weight is 789 g/mol. The Labute approximate surface area is 325 Å².